The van der Waals surface area contributed by atoms with E-state index in [4.69, 9.17) is 0 Å². The first-order valence-corrected chi connectivity index (χ1v) is 12.1. The van der Waals surface area contributed by atoms with Gasteiger partial charge in [0.2, 0.25) is 6.08 Å². The molecule has 1 N–H and O–H groups in total. The lowest BCUT2D eigenvalue weighted by atomic mass is 9.84. The second kappa shape index (κ2) is 12.6. The summed E-state index contributed by atoms with van der Waals surface area (Å²) in [5.41, 5.74) is -1.13. The highest BCUT2D eigenvalue weighted by atomic mass is 19.4. The second-order valence-corrected chi connectivity index (χ2v) is 10.2. The van der Waals surface area contributed by atoms with Crippen LogP contribution >= 0.6 is 0 Å². The maximum Gasteiger partial charge on any atom is 0.460 e. The molecule has 50 heavy (non-hydrogen) atoms. The molecule has 1 atom stereocenters. The van der Waals surface area contributed by atoms with Crippen LogP contribution in [0.15, 0.2) is 23.2 Å². The zero-order valence-electron chi connectivity index (χ0n) is 23.5. The first kappa shape index (κ1) is 44.5. The molecule has 0 aliphatic carbocycles. The number of aryl methyl sites for hydroxylation is 1. The van der Waals surface area contributed by atoms with Crippen molar-refractivity contribution in [2.75, 3.05) is 0 Å². The average Bonchev–Trinajstić information content (AvgIpc) is 2.92. The number of hydrogen-bond acceptors (Lipinski definition) is 3. The van der Waals surface area contributed by atoms with Gasteiger partial charge in [-0.3, -0.25) is 4.79 Å². The number of alkyl halides is 23. The van der Waals surface area contributed by atoms with Gasteiger partial charge >= 0.3 is 65.4 Å². The molecule has 0 aliphatic heterocycles. The van der Waals surface area contributed by atoms with Crippen LogP contribution in [-0.2, 0) is 4.79 Å². The van der Waals surface area contributed by atoms with Gasteiger partial charge in [0.15, 0.2) is 0 Å². The predicted octanol–water partition coefficient (Wildman–Crippen LogP) is 9.39. The Bertz CT molecular complexity index is 1480. The van der Waals surface area contributed by atoms with Crippen molar-refractivity contribution < 1.29 is 111 Å². The van der Waals surface area contributed by atoms with Crippen LogP contribution in [0.4, 0.5) is 107 Å². The SMILES string of the molecule is Cc1ccc(N=C=O)cc1C(=O)NC(C)CC(F)(F)C(F)(F)C(F)(F)C(F)(F)C(F)(F)C(F)(F)C(F)(F)C(F)(F)C(F)(F)C(F)(F)C(F)(F)F. The van der Waals surface area contributed by atoms with E-state index < -0.39 is 89.3 Å². The van der Waals surface area contributed by atoms with Gasteiger partial charge < -0.3 is 5.32 Å². The molecular formula is C23H13F23N2O2. The minimum absolute atomic E-state index is 0.117. The number of aliphatic imine (C=N–C) groups is 1. The third kappa shape index (κ3) is 6.30. The quantitative estimate of drug-likeness (QED) is 0.116. The van der Waals surface area contributed by atoms with Crippen molar-refractivity contribution in [1.82, 2.24) is 5.32 Å². The monoisotopic (exact) mass is 786 g/mol. The van der Waals surface area contributed by atoms with E-state index >= 15 is 0 Å². The van der Waals surface area contributed by atoms with Gasteiger partial charge in [-0.25, -0.2) is 4.79 Å². The second-order valence-electron chi connectivity index (χ2n) is 10.2. The number of hydrogen-bond donors (Lipinski definition) is 1. The van der Waals surface area contributed by atoms with E-state index in [0.29, 0.717) is 6.07 Å². The summed E-state index contributed by atoms with van der Waals surface area (Å²) in [7, 11) is 0. The molecule has 0 radical (unpaired) electrons. The molecule has 0 fully saturated rings. The lowest BCUT2D eigenvalue weighted by molar-refractivity contribution is -0.478. The highest BCUT2D eigenvalue weighted by molar-refractivity contribution is 5.96. The molecule has 0 aromatic heterocycles. The maximum atomic E-state index is 14.3. The van der Waals surface area contributed by atoms with Crippen LogP contribution < -0.4 is 5.32 Å². The number of isocyanates is 1. The number of benzene rings is 1. The standard InChI is InChI=1S/C23H13F23N2O2/c1-8-3-4-10(47-7-49)5-11(8)12(50)48-9(2)6-13(24,25)14(26,27)15(28,29)16(30,31)17(32,33)18(34,35)19(36,37)20(38,39)21(40,41)22(42,43)23(44,45)46/h3-5,9H,6H2,1-2H3,(H,48,50). The van der Waals surface area contributed by atoms with Crippen LogP contribution in [0.25, 0.3) is 0 Å². The summed E-state index contributed by atoms with van der Waals surface area (Å²) in [6, 6.07) is 0.0788. The molecule has 27 heteroatoms. The first-order chi connectivity index (χ1) is 21.7. The molecule has 4 nitrogen and oxygen atoms in total. The van der Waals surface area contributed by atoms with Crippen LogP contribution in [-0.4, -0.2) is 83.4 Å². The number of halogens is 23. The Morgan fingerprint density at radius 2 is 0.960 bits per heavy atom. The topological polar surface area (TPSA) is 58.5 Å². The summed E-state index contributed by atoms with van der Waals surface area (Å²) in [5, 5.41) is 1.36. The Kier molecular flexibility index (Phi) is 11.2. The molecule has 1 aromatic rings. The average molecular weight is 786 g/mol. The van der Waals surface area contributed by atoms with E-state index in [9.17, 15) is 111 Å². The van der Waals surface area contributed by atoms with E-state index in [1.807, 2.05) is 0 Å². The largest absolute Gasteiger partial charge is 0.460 e. The number of amides is 1. The third-order valence-electron chi connectivity index (χ3n) is 6.55. The Morgan fingerprint density at radius 3 is 1.30 bits per heavy atom. The zero-order valence-corrected chi connectivity index (χ0v) is 23.5. The third-order valence-corrected chi connectivity index (χ3v) is 6.55. The lowest BCUT2D eigenvalue weighted by Crippen LogP contribution is -2.77. The minimum Gasteiger partial charge on any atom is -0.349 e. The summed E-state index contributed by atoms with van der Waals surface area (Å²) in [4.78, 5) is 25.7. The Morgan fingerprint density at radius 1 is 0.620 bits per heavy atom. The van der Waals surface area contributed by atoms with Crippen molar-refractivity contribution in [3.8, 4) is 0 Å². The van der Waals surface area contributed by atoms with Crippen molar-refractivity contribution in [3.05, 3.63) is 29.3 Å². The number of carbonyl (C=O) groups is 1. The molecule has 0 aliphatic rings. The number of nitrogens with zero attached hydrogens (tertiary/aromatic N) is 1. The Hall–Kier alpha value is -3.54. The van der Waals surface area contributed by atoms with E-state index in [2.05, 4.69) is 4.99 Å². The predicted molar refractivity (Wildman–Crippen MR) is 116 cm³/mol. The molecule has 1 unspecified atom stereocenters. The van der Waals surface area contributed by atoms with Gasteiger partial charge in [-0.2, -0.15) is 106 Å². The van der Waals surface area contributed by atoms with Crippen LogP contribution in [0.2, 0.25) is 0 Å². The fourth-order valence-corrected chi connectivity index (χ4v) is 3.63. The molecule has 0 spiro atoms. The van der Waals surface area contributed by atoms with Gasteiger partial charge in [0.1, 0.15) is 0 Å². The number of carbonyl (C=O) groups excluding carboxylic acids is 2. The van der Waals surface area contributed by atoms with Gasteiger partial charge in [0.25, 0.3) is 5.91 Å². The van der Waals surface area contributed by atoms with E-state index in [1.165, 1.54) is 5.32 Å². The molecule has 1 rings (SSSR count). The zero-order chi connectivity index (χ0) is 40.3. The molecule has 288 valence electrons. The van der Waals surface area contributed by atoms with E-state index in [0.717, 1.165) is 25.1 Å². The van der Waals surface area contributed by atoms with E-state index in [1.54, 1.807) is 0 Å². The molecule has 0 bridgehead atoms. The van der Waals surface area contributed by atoms with Gasteiger partial charge in [-0.1, -0.05) is 6.07 Å². The molecule has 1 aromatic carbocycles. The van der Waals surface area contributed by atoms with Crippen LogP contribution in [0.5, 0.6) is 0 Å². The summed E-state index contributed by atoms with van der Waals surface area (Å²) >= 11 is 0. The summed E-state index contributed by atoms with van der Waals surface area (Å²) in [5.74, 6) is -90.1. The molecule has 0 heterocycles. The van der Waals surface area contributed by atoms with Crippen LogP contribution in [0.1, 0.15) is 29.3 Å². The Balaban J connectivity index is 3.63. The van der Waals surface area contributed by atoms with Crippen molar-refractivity contribution in [1.29, 1.82) is 0 Å². The molecule has 1 amide bonds. The molecular weight excluding hydrogens is 773 g/mol. The summed E-state index contributed by atoms with van der Waals surface area (Å²) < 4.78 is 312. The number of nitrogens with one attached hydrogen (secondary N) is 1. The van der Waals surface area contributed by atoms with Gasteiger partial charge in [-0.05, 0) is 31.5 Å². The van der Waals surface area contributed by atoms with Crippen molar-refractivity contribution >= 4 is 17.7 Å². The van der Waals surface area contributed by atoms with Crippen LogP contribution in [0, 0.1) is 6.92 Å². The summed E-state index contributed by atoms with van der Waals surface area (Å²) in [6.07, 6.45) is -10.2. The first-order valence-electron chi connectivity index (χ1n) is 12.1. The smallest absolute Gasteiger partial charge is 0.349 e. The normalized spacial score (nSPS) is 15.8. The fraction of sp³-hybridized carbons (Fsp3) is 0.652. The minimum atomic E-state index is -9.48. The summed E-state index contributed by atoms with van der Waals surface area (Å²) in [6.45, 7) is 1.29. The lowest BCUT2D eigenvalue weighted by Gasteiger charge is -2.45. The van der Waals surface area contributed by atoms with Gasteiger partial charge in [0, 0.05) is 18.0 Å². The number of rotatable bonds is 14. The van der Waals surface area contributed by atoms with Gasteiger partial charge in [0.05, 0.1) is 5.69 Å². The molecule has 0 saturated heterocycles. The van der Waals surface area contributed by atoms with Crippen molar-refractivity contribution in [2.45, 2.75) is 91.7 Å². The highest BCUT2D eigenvalue weighted by Crippen LogP contribution is 2.67. The van der Waals surface area contributed by atoms with E-state index in [-0.39, 0.29) is 18.2 Å². The van der Waals surface area contributed by atoms with Crippen molar-refractivity contribution in [2.24, 2.45) is 4.99 Å². The highest BCUT2D eigenvalue weighted by Gasteiger charge is 2.98. The Labute approximate surface area is 260 Å². The van der Waals surface area contributed by atoms with Crippen molar-refractivity contribution in [3.63, 3.8) is 0 Å². The van der Waals surface area contributed by atoms with Gasteiger partial charge in [-0.15, -0.1) is 0 Å². The molecule has 0 saturated carbocycles. The van der Waals surface area contributed by atoms with Crippen LogP contribution in [0.3, 0.4) is 0 Å². The fourth-order valence-electron chi connectivity index (χ4n) is 3.63. The maximum absolute atomic E-state index is 14.3.